The lowest BCUT2D eigenvalue weighted by Gasteiger charge is -2.07. The highest BCUT2D eigenvalue weighted by molar-refractivity contribution is 6.11. The van der Waals surface area contributed by atoms with E-state index in [0.29, 0.717) is 16.9 Å². The van der Waals surface area contributed by atoms with Gasteiger partial charge in [0, 0.05) is 11.1 Å². The van der Waals surface area contributed by atoms with Gasteiger partial charge in [0.2, 0.25) is 11.5 Å². The van der Waals surface area contributed by atoms with E-state index >= 15 is 0 Å². The summed E-state index contributed by atoms with van der Waals surface area (Å²) in [5.41, 5.74) is 1.43. The second kappa shape index (κ2) is 6.13. The molecule has 0 aliphatic carbocycles. The fraction of sp³-hybridized carbons (Fsp3) is 0.118. The van der Waals surface area contributed by atoms with Gasteiger partial charge in [0.05, 0.1) is 7.11 Å². The van der Waals surface area contributed by atoms with Crippen molar-refractivity contribution in [3.05, 3.63) is 71.0 Å². The van der Waals surface area contributed by atoms with Crippen LogP contribution >= 0.6 is 0 Å². The highest BCUT2D eigenvalue weighted by atomic mass is 16.5. The van der Waals surface area contributed by atoms with E-state index in [4.69, 9.17) is 4.74 Å². The van der Waals surface area contributed by atoms with Gasteiger partial charge in [-0.05, 0) is 36.8 Å². The zero-order chi connectivity index (χ0) is 15.4. The van der Waals surface area contributed by atoms with E-state index in [0.717, 1.165) is 5.56 Å². The maximum absolute atomic E-state index is 12.2. The van der Waals surface area contributed by atoms with Gasteiger partial charge < -0.3 is 14.9 Å². The van der Waals surface area contributed by atoms with Crippen LogP contribution in [-0.4, -0.2) is 23.1 Å². The van der Waals surface area contributed by atoms with E-state index in [2.05, 4.69) is 0 Å². The second-order valence-corrected chi connectivity index (χ2v) is 4.57. The average Bonchev–Trinajstić information content (AvgIpc) is 2.53. The van der Waals surface area contributed by atoms with Gasteiger partial charge in [-0.2, -0.15) is 0 Å². The van der Waals surface area contributed by atoms with Crippen LogP contribution in [0.2, 0.25) is 0 Å². The highest BCUT2D eigenvalue weighted by Gasteiger charge is 2.18. The van der Waals surface area contributed by atoms with Gasteiger partial charge in [-0.3, -0.25) is 4.79 Å². The standard InChI is InChI=1S/C17H16O4/c1-11-5-3-4-6-14(11)16(19)17(20)15(18)12-7-9-13(21-2)10-8-12/h3-10,18,20H,1-2H3/b17-15+. The summed E-state index contributed by atoms with van der Waals surface area (Å²) in [6.07, 6.45) is 0. The number of aliphatic hydroxyl groups excluding tert-OH is 2. The molecule has 0 aliphatic rings. The van der Waals surface area contributed by atoms with E-state index in [-0.39, 0.29) is 0 Å². The second-order valence-electron chi connectivity index (χ2n) is 4.57. The van der Waals surface area contributed by atoms with E-state index in [1.165, 1.54) is 7.11 Å². The summed E-state index contributed by atoms with van der Waals surface area (Å²) in [7, 11) is 1.53. The van der Waals surface area contributed by atoms with Crippen molar-refractivity contribution in [1.29, 1.82) is 0 Å². The first kappa shape index (κ1) is 14.7. The number of aryl methyl sites for hydroxylation is 1. The maximum atomic E-state index is 12.2. The number of ether oxygens (including phenoxy) is 1. The fourth-order valence-electron chi connectivity index (χ4n) is 1.95. The van der Waals surface area contributed by atoms with Crippen molar-refractivity contribution in [2.45, 2.75) is 6.92 Å². The van der Waals surface area contributed by atoms with Crippen LogP contribution in [0, 0.1) is 6.92 Å². The van der Waals surface area contributed by atoms with Crippen LogP contribution in [0.3, 0.4) is 0 Å². The molecule has 0 heterocycles. The average molecular weight is 284 g/mol. The minimum Gasteiger partial charge on any atom is -0.504 e. The Morgan fingerprint density at radius 3 is 2.19 bits per heavy atom. The third kappa shape index (κ3) is 3.05. The molecule has 0 aromatic heterocycles. The molecular weight excluding hydrogens is 268 g/mol. The highest BCUT2D eigenvalue weighted by Crippen LogP contribution is 2.21. The number of carbonyl (C=O) groups is 1. The summed E-state index contributed by atoms with van der Waals surface area (Å²) in [6.45, 7) is 1.77. The Kier molecular flexibility index (Phi) is 4.28. The number of ketones is 1. The molecule has 0 amide bonds. The van der Waals surface area contributed by atoms with Gasteiger partial charge in [-0.1, -0.05) is 24.3 Å². The minimum absolute atomic E-state index is 0.343. The molecule has 4 heteroatoms. The number of hydrogen-bond donors (Lipinski definition) is 2. The zero-order valence-electron chi connectivity index (χ0n) is 11.8. The Morgan fingerprint density at radius 1 is 1.00 bits per heavy atom. The third-order valence-electron chi connectivity index (χ3n) is 3.19. The number of carbonyl (C=O) groups excluding carboxylic acids is 1. The fourth-order valence-corrected chi connectivity index (χ4v) is 1.95. The SMILES string of the molecule is COc1ccc(/C(O)=C(\O)C(=O)c2ccccc2C)cc1. The first-order valence-corrected chi connectivity index (χ1v) is 6.41. The van der Waals surface area contributed by atoms with Gasteiger partial charge in [0.1, 0.15) is 5.75 Å². The molecule has 0 atom stereocenters. The number of rotatable bonds is 4. The van der Waals surface area contributed by atoms with Crippen molar-refractivity contribution in [2.75, 3.05) is 7.11 Å². The maximum Gasteiger partial charge on any atom is 0.231 e. The normalized spacial score (nSPS) is 11.7. The molecule has 0 bridgehead atoms. The van der Waals surface area contributed by atoms with Gasteiger partial charge in [-0.25, -0.2) is 0 Å². The number of methoxy groups -OCH3 is 1. The first-order valence-electron chi connectivity index (χ1n) is 6.41. The van der Waals surface area contributed by atoms with Crippen LogP contribution < -0.4 is 4.74 Å². The van der Waals surface area contributed by atoms with Crippen molar-refractivity contribution in [3.63, 3.8) is 0 Å². The monoisotopic (exact) mass is 284 g/mol. The number of Topliss-reactive ketones (excluding diaryl/α,β-unsaturated/α-hetero) is 1. The van der Waals surface area contributed by atoms with Crippen molar-refractivity contribution in [2.24, 2.45) is 0 Å². The molecule has 0 saturated heterocycles. The molecule has 4 nitrogen and oxygen atoms in total. The topological polar surface area (TPSA) is 66.8 Å². The van der Waals surface area contributed by atoms with Crippen LogP contribution in [0.25, 0.3) is 5.76 Å². The molecule has 2 rings (SSSR count). The van der Waals surface area contributed by atoms with Crippen LogP contribution in [0.1, 0.15) is 21.5 Å². The summed E-state index contributed by atoms with van der Waals surface area (Å²) in [4.78, 5) is 12.2. The van der Waals surface area contributed by atoms with Crippen LogP contribution in [0.4, 0.5) is 0 Å². The van der Waals surface area contributed by atoms with E-state index < -0.39 is 17.3 Å². The molecular formula is C17H16O4. The largest absolute Gasteiger partial charge is 0.504 e. The Balaban J connectivity index is 2.37. The smallest absolute Gasteiger partial charge is 0.231 e. The number of aliphatic hydroxyl groups is 2. The summed E-state index contributed by atoms with van der Waals surface area (Å²) in [5, 5.41) is 20.0. The van der Waals surface area contributed by atoms with Crippen LogP contribution in [-0.2, 0) is 0 Å². The quantitative estimate of drug-likeness (QED) is 0.510. The molecule has 0 aliphatic heterocycles. The van der Waals surface area contributed by atoms with Gasteiger partial charge in [0.25, 0.3) is 0 Å². The van der Waals surface area contributed by atoms with E-state index in [1.807, 2.05) is 0 Å². The van der Waals surface area contributed by atoms with Crippen LogP contribution in [0.15, 0.2) is 54.3 Å². The third-order valence-corrected chi connectivity index (χ3v) is 3.19. The Bertz CT molecular complexity index is 684. The summed E-state index contributed by atoms with van der Waals surface area (Å²) < 4.78 is 5.01. The molecule has 108 valence electrons. The van der Waals surface area contributed by atoms with Crippen molar-refractivity contribution >= 4 is 11.5 Å². The predicted octanol–water partition coefficient (Wildman–Crippen LogP) is 3.67. The lowest BCUT2D eigenvalue weighted by atomic mass is 10.0. The summed E-state index contributed by atoms with van der Waals surface area (Å²) in [6, 6.07) is 13.3. The van der Waals surface area contributed by atoms with Crippen molar-refractivity contribution in [3.8, 4) is 5.75 Å². The molecule has 0 spiro atoms. The Morgan fingerprint density at radius 2 is 1.62 bits per heavy atom. The summed E-state index contributed by atoms with van der Waals surface area (Å²) in [5.74, 6) is -1.11. The van der Waals surface area contributed by atoms with Crippen molar-refractivity contribution in [1.82, 2.24) is 0 Å². The lowest BCUT2D eigenvalue weighted by Crippen LogP contribution is -2.07. The first-order chi connectivity index (χ1) is 10.0. The Hall–Kier alpha value is -2.75. The molecule has 0 radical (unpaired) electrons. The van der Waals surface area contributed by atoms with E-state index in [9.17, 15) is 15.0 Å². The minimum atomic E-state index is -0.672. The lowest BCUT2D eigenvalue weighted by molar-refractivity contribution is 0.0974. The van der Waals surface area contributed by atoms with Gasteiger partial charge in [0.15, 0.2) is 5.76 Å². The van der Waals surface area contributed by atoms with Crippen molar-refractivity contribution < 1.29 is 19.7 Å². The molecule has 2 aromatic carbocycles. The van der Waals surface area contributed by atoms with Crippen LogP contribution in [0.5, 0.6) is 5.75 Å². The number of allylic oxidation sites excluding steroid dienone is 1. The van der Waals surface area contributed by atoms with Gasteiger partial charge >= 0.3 is 0 Å². The number of benzene rings is 2. The van der Waals surface area contributed by atoms with E-state index in [1.54, 1.807) is 55.5 Å². The zero-order valence-corrected chi connectivity index (χ0v) is 11.8. The number of hydrogen-bond acceptors (Lipinski definition) is 4. The molecule has 2 aromatic rings. The molecule has 21 heavy (non-hydrogen) atoms. The molecule has 2 N–H and O–H groups in total. The summed E-state index contributed by atoms with van der Waals surface area (Å²) >= 11 is 0. The molecule has 0 fully saturated rings. The predicted molar refractivity (Wildman–Crippen MR) is 80.7 cm³/mol. The molecule has 0 saturated carbocycles. The Labute approximate surface area is 122 Å². The van der Waals surface area contributed by atoms with Gasteiger partial charge in [-0.15, -0.1) is 0 Å². The molecule has 0 unspecified atom stereocenters.